The summed E-state index contributed by atoms with van der Waals surface area (Å²) < 4.78 is 26.9. The highest BCUT2D eigenvalue weighted by atomic mass is 16.5. The third-order valence-corrected chi connectivity index (χ3v) is 7.52. The number of aromatic carboxylic acids is 1. The second kappa shape index (κ2) is 33.1. The van der Waals surface area contributed by atoms with Crippen molar-refractivity contribution in [2.45, 2.75) is 84.0 Å². The van der Waals surface area contributed by atoms with Gasteiger partial charge < -0.3 is 50.1 Å². The molecule has 1 rings (SSSR count). The minimum absolute atomic E-state index is 0.00497. The molecule has 0 radical (unpaired) electrons. The average molecular weight is 739 g/mol. The van der Waals surface area contributed by atoms with Crippen LogP contribution in [-0.4, -0.2) is 120 Å². The molecule has 5 N–H and O–H groups in total. The van der Waals surface area contributed by atoms with Crippen LogP contribution in [0.5, 0.6) is 5.75 Å². The van der Waals surface area contributed by atoms with Crippen molar-refractivity contribution in [1.29, 1.82) is 0 Å². The largest absolute Gasteiger partial charge is 0.494 e. The summed E-state index contributed by atoms with van der Waals surface area (Å²) in [5, 5.41) is 20.0. The van der Waals surface area contributed by atoms with E-state index in [2.05, 4.69) is 28.2 Å². The van der Waals surface area contributed by atoms with Gasteiger partial charge in [0.15, 0.2) is 0 Å². The lowest BCUT2D eigenvalue weighted by Crippen LogP contribution is -2.32. The van der Waals surface area contributed by atoms with Gasteiger partial charge in [0.2, 0.25) is 23.6 Å². The van der Waals surface area contributed by atoms with Crippen LogP contribution >= 0.6 is 0 Å². The van der Waals surface area contributed by atoms with E-state index in [-0.39, 0.29) is 49.0 Å². The van der Waals surface area contributed by atoms with Crippen molar-refractivity contribution in [3.8, 4) is 5.75 Å². The summed E-state index contributed by atoms with van der Waals surface area (Å²) in [6.07, 6.45) is 10.5. The maximum atomic E-state index is 12.0. The fourth-order valence-corrected chi connectivity index (χ4v) is 4.61. The van der Waals surface area contributed by atoms with Crippen LogP contribution < -0.4 is 26.0 Å². The summed E-state index contributed by atoms with van der Waals surface area (Å²) >= 11 is 0. The van der Waals surface area contributed by atoms with Gasteiger partial charge in [-0.15, -0.1) is 0 Å². The van der Waals surface area contributed by atoms with Crippen LogP contribution in [0.3, 0.4) is 0 Å². The van der Waals surface area contributed by atoms with Gasteiger partial charge in [-0.25, -0.2) is 4.79 Å². The summed E-state index contributed by atoms with van der Waals surface area (Å²) in [5.74, 6) is -0.775. The van der Waals surface area contributed by atoms with Crippen molar-refractivity contribution in [3.63, 3.8) is 0 Å². The molecule has 15 heteroatoms. The summed E-state index contributed by atoms with van der Waals surface area (Å²) in [6, 6.07) is 6.41. The van der Waals surface area contributed by atoms with E-state index >= 15 is 0 Å². The zero-order valence-electron chi connectivity index (χ0n) is 31.0. The highest BCUT2D eigenvalue weighted by molar-refractivity contribution is 5.87. The molecule has 1 aromatic carbocycles. The van der Waals surface area contributed by atoms with E-state index < -0.39 is 5.97 Å². The molecule has 52 heavy (non-hydrogen) atoms. The molecule has 0 atom stereocenters. The zero-order chi connectivity index (χ0) is 37.9. The lowest BCUT2D eigenvalue weighted by atomic mass is 10.1. The van der Waals surface area contributed by atoms with Gasteiger partial charge in [-0.3, -0.25) is 19.2 Å². The number of unbranched alkanes of at least 4 members (excludes halogenated alkanes) is 7. The number of amides is 4. The SMILES string of the molecule is CCCCNC(=O)COCCOCCNC(=O)COCCOCCNC(=O)CCCNC(=O)CCCCCCCCCOc1ccc(C(=O)O)cc1. The highest BCUT2D eigenvalue weighted by Gasteiger charge is 2.06. The first kappa shape index (κ1) is 46.2. The standard InChI is InChI=1S/C37H62N4O11/c1-2-3-18-39-35(44)29-50-27-26-49-24-21-41-36(45)30-51-28-25-48-23-20-40-34(43)13-11-19-38-33(42)12-9-7-5-4-6-8-10-22-52-32-16-14-31(15-17-32)37(46)47/h14-17H,2-13,18-30H2,1H3,(H,38,42)(H,39,44)(H,40,43)(H,41,45)(H,46,47). The quantitative estimate of drug-likeness (QED) is 0.0642. The molecular formula is C37H62N4O11. The monoisotopic (exact) mass is 738 g/mol. The van der Waals surface area contributed by atoms with E-state index in [0.29, 0.717) is 90.8 Å². The van der Waals surface area contributed by atoms with Gasteiger partial charge in [-0.2, -0.15) is 0 Å². The molecule has 0 aliphatic carbocycles. The molecule has 0 saturated heterocycles. The molecule has 0 heterocycles. The van der Waals surface area contributed by atoms with Crippen LogP contribution in [0.4, 0.5) is 0 Å². The number of nitrogens with one attached hydrogen (secondary N) is 4. The number of carboxylic acids is 1. The molecule has 0 saturated carbocycles. The van der Waals surface area contributed by atoms with Crippen molar-refractivity contribution in [2.75, 3.05) is 85.6 Å². The van der Waals surface area contributed by atoms with E-state index in [1.165, 1.54) is 12.1 Å². The maximum absolute atomic E-state index is 12.0. The van der Waals surface area contributed by atoms with E-state index in [0.717, 1.165) is 57.8 Å². The molecule has 0 aliphatic rings. The Labute approximate surface area is 308 Å². The summed E-state index contributed by atoms with van der Waals surface area (Å²) in [6.45, 7) is 6.18. The van der Waals surface area contributed by atoms with Crippen LogP contribution in [0.1, 0.15) is 94.3 Å². The molecule has 0 aliphatic heterocycles. The minimum Gasteiger partial charge on any atom is -0.494 e. The number of hydrogen-bond donors (Lipinski definition) is 5. The van der Waals surface area contributed by atoms with Crippen LogP contribution in [0.25, 0.3) is 0 Å². The van der Waals surface area contributed by atoms with Gasteiger partial charge >= 0.3 is 5.97 Å². The number of carboxylic acid groups (broad SMARTS) is 1. The Morgan fingerprint density at radius 3 is 1.54 bits per heavy atom. The van der Waals surface area contributed by atoms with E-state index in [4.69, 9.17) is 28.8 Å². The van der Waals surface area contributed by atoms with Crippen molar-refractivity contribution in [1.82, 2.24) is 21.3 Å². The Morgan fingerprint density at radius 2 is 0.962 bits per heavy atom. The molecule has 296 valence electrons. The first-order chi connectivity index (χ1) is 25.3. The first-order valence-corrected chi connectivity index (χ1v) is 18.7. The minimum atomic E-state index is -0.951. The zero-order valence-corrected chi connectivity index (χ0v) is 31.0. The topological polar surface area (TPSA) is 200 Å². The second-order valence-corrected chi connectivity index (χ2v) is 12.1. The van der Waals surface area contributed by atoms with Gasteiger partial charge in [0.1, 0.15) is 19.0 Å². The second-order valence-electron chi connectivity index (χ2n) is 12.1. The third kappa shape index (κ3) is 28.9. The summed E-state index contributed by atoms with van der Waals surface area (Å²) in [5.41, 5.74) is 0.243. The van der Waals surface area contributed by atoms with Crippen molar-refractivity contribution in [3.05, 3.63) is 29.8 Å². The lowest BCUT2D eigenvalue weighted by Gasteiger charge is -2.09. The Kier molecular flexibility index (Phi) is 29.4. The Bertz CT molecular complexity index is 1110. The molecule has 15 nitrogen and oxygen atoms in total. The van der Waals surface area contributed by atoms with Crippen LogP contribution in [0.2, 0.25) is 0 Å². The number of carbonyl (C=O) groups excluding carboxylic acids is 4. The predicted molar refractivity (Wildman–Crippen MR) is 195 cm³/mol. The fraction of sp³-hybridized carbons (Fsp3) is 0.703. The normalized spacial score (nSPS) is 10.8. The third-order valence-electron chi connectivity index (χ3n) is 7.52. The maximum Gasteiger partial charge on any atom is 0.335 e. The van der Waals surface area contributed by atoms with Crippen molar-refractivity contribution in [2.24, 2.45) is 0 Å². The molecule has 0 spiro atoms. The fourth-order valence-electron chi connectivity index (χ4n) is 4.61. The van der Waals surface area contributed by atoms with Gasteiger partial charge in [-0.05, 0) is 49.9 Å². The molecule has 1 aromatic rings. The van der Waals surface area contributed by atoms with Crippen LogP contribution in [0.15, 0.2) is 24.3 Å². The summed E-state index contributed by atoms with van der Waals surface area (Å²) in [7, 11) is 0. The van der Waals surface area contributed by atoms with E-state index in [9.17, 15) is 24.0 Å². The van der Waals surface area contributed by atoms with E-state index in [1.807, 2.05) is 0 Å². The van der Waals surface area contributed by atoms with Crippen molar-refractivity contribution < 1.29 is 52.8 Å². The Balaban J connectivity index is 1.80. The molecule has 0 unspecified atom stereocenters. The molecule has 0 aromatic heterocycles. The van der Waals surface area contributed by atoms with E-state index in [1.54, 1.807) is 12.1 Å². The molecule has 4 amide bonds. The van der Waals surface area contributed by atoms with Gasteiger partial charge in [0.25, 0.3) is 0 Å². The van der Waals surface area contributed by atoms with Crippen molar-refractivity contribution >= 4 is 29.6 Å². The smallest absolute Gasteiger partial charge is 0.335 e. The van der Waals surface area contributed by atoms with Crippen LogP contribution in [-0.2, 0) is 38.1 Å². The number of benzene rings is 1. The molecule has 0 fully saturated rings. The Hall–Kier alpha value is -3.79. The number of carbonyl (C=O) groups is 5. The summed E-state index contributed by atoms with van der Waals surface area (Å²) in [4.78, 5) is 58.2. The molecular weight excluding hydrogens is 676 g/mol. The number of ether oxygens (including phenoxy) is 5. The lowest BCUT2D eigenvalue weighted by molar-refractivity contribution is -0.127. The molecule has 0 bridgehead atoms. The van der Waals surface area contributed by atoms with Gasteiger partial charge in [0.05, 0.1) is 51.8 Å². The predicted octanol–water partition coefficient (Wildman–Crippen LogP) is 3.00. The Morgan fingerprint density at radius 1 is 0.500 bits per heavy atom. The highest BCUT2D eigenvalue weighted by Crippen LogP contribution is 2.14. The van der Waals surface area contributed by atoms with Crippen LogP contribution in [0, 0.1) is 0 Å². The average Bonchev–Trinajstić information content (AvgIpc) is 3.13. The van der Waals surface area contributed by atoms with Gasteiger partial charge in [-0.1, -0.05) is 45.4 Å². The number of hydrogen-bond acceptors (Lipinski definition) is 10. The number of rotatable bonds is 35. The first-order valence-electron chi connectivity index (χ1n) is 18.7. The van der Waals surface area contributed by atoms with Gasteiger partial charge in [0, 0.05) is 39.0 Å².